The number of amides is 2. The number of nitrogens with zero attached hydrogens (tertiary/aromatic N) is 1. The van der Waals surface area contributed by atoms with Gasteiger partial charge in [-0.3, -0.25) is 9.59 Å². The first-order valence-electron chi connectivity index (χ1n) is 10.5. The minimum atomic E-state index is -3.06. The van der Waals surface area contributed by atoms with Crippen molar-refractivity contribution in [2.24, 2.45) is 5.92 Å². The van der Waals surface area contributed by atoms with E-state index in [2.05, 4.69) is 5.32 Å². The number of likely N-dealkylation sites (tertiary alicyclic amines) is 1. The second kappa shape index (κ2) is 8.93. The van der Waals surface area contributed by atoms with Crippen LogP contribution in [0.4, 0.5) is 0 Å². The molecular formula is C21H28N2O6S. The van der Waals surface area contributed by atoms with E-state index < -0.39 is 15.8 Å². The Morgan fingerprint density at radius 3 is 2.70 bits per heavy atom. The second-order valence-corrected chi connectivity index (χ2v) is 10.5. The lowest BCUT2D eigenvalue weighted by atomic mass is 10.1. The summed E-state index contributed by atoms with van der Waals surface area (Å²) >= 11 is 0. The second-order valence-electron chi connectivity index (χ2n) is 8.31. The summed E-state index contributed by atoms with van der Waals surface area (Å²) in [6, 6.07) is 7.26. The Kier molecular flexibility index (Phi) is 6.29. The predicted molar refractivity (Wildman–Crippen MR) is 110 cm³/mol. The molecular weight excluding hydrogens is 408 g/mol. The van der Waals surface area contributed by atoms with Gasteiger partial charge in [0.25, 0.3) is 0 Å². The monoisotopic (exact) mass is 436 g/mol. The summed E-state index contributed by atoms with van der Waals surface area (Å²) in [7, 11) is -3.06. The first kappa shape index (κ1) is 21.1. The van der Waals surface area contributed by atoms with Crippen LogP contribution in [0.5, 0.6) is 5.75 Å². The average Bonchev–Trinajstić information content (AvgIpc) is 3.45. The Hall–Kier alpha value is -2.13. The lowest BCUT2D eigenvalue weighted by molar-refractivity contribution is -0.130. The number of hydrogen-bond acceptors (Lipinski definition) is 6. The van der Waals surface area contributed by atoms with Gasteiger partial charge in [0.05, 0.1) is 23.5 Å². The van der Waals surface area contributed by atoms with Crippen LogP contribution in [0, 0.1) is 5.92 Å². The summed E-state index contributed by atoms with van der Waals surface area (Å²) in [6.45, 7) is 2.01. The molecule has 0 saturated carbocycles. The number of carbonyl (C=O) groups is 2. The molecule has 3 aliphatic rings. The zero-order valence-corrected chi connectivity index (χ0v) is 17.7. The number of hydrogen-bond donors (Lipinski definition) is 1. The fraction of sp³-hybridized carbons (Fsp3) is 0.619. The van der Waals surface area contributed by atoms with Gasteiger partial charge in [0.1, 0.15) is 12.4 Å². The molecule has 0 bridgehead atoms. The van der Waals surface area contributed by atoms with Crippen LogP contribution in [-0.2, 0) is 30.7 Å². The Labute approximate surface area is 176 Å². The lowest BCUT2D eigenvalue weighted by Gasteiger charge is -2.22. The molecule has 1 aromatic rings. The highest BCUT2D eigenvalue weighted by Gasteiger charge is 2.41. The molecule has 0 spiro atoms. The fourth-order valence-electron chi connectivity index (χ4n) is 4.28. The minimum Gasteiger partial charge on any atom is -0.491 e. The molecule has 3 atom stereocenters. The molecule has 1 N–H and O–H groups in total. The molecule has 8 nitrogen and oxygen atoms in total. The molecule has 0 unspecified atom stereocenters. The number of carbonyl (C=O) groups excluding carboxylic acids is 2. The van der Waals surface area contributed by atoms with Crippen molar-refractivity contribution in [3.05, 3.63) is 29.8 Å². The van der Waals surface area contributed by atoms with Crippen molar-refractivity contribution >= 4 is 21.7 Å². The number of rotatable bonds is 7. The van der Waals surface area contributed by atoms with E-state index in [4.69, 9.17) is 9.47 Å². The summed E-state index contributed by atoms with van der Waals surface area (Å²) in [4.78, 5) is 26.4. The van der Waals surface area contributed by atoms with Crippen LogP contribution in [0.3, 0.4) is 0 Å². The van der Waals surface area contributed by atoms with Gasteiger partial charge < -0.3 is 19.7 Å². The van der Waals surface area contributed by atoms with Crippen LogP contribution in [0.25, 0.3) is 0 Å². The summed E-state index contributed by atoms with van der Waals surface area (Å²) in [5, 5.41) is 2.89. The van der Waals surface area contributed by atoms with Crippen molar-refractivity contribution < 1.29 is 27.5 Å². The van der Waals surface area contributed by atoms with Crippen molar-refractivity contribution in [1.82, 2.24) is 10.2 Å². The van der Waals surface area contributed by atoms with Crippen LogP contribution in [0.15, 0.2) is 24.3 Å². The highest BCUT2D eigenvalue weighted by molar-refractivity contribution is 7.91. The van der Waals surface area contributed by atoms with Crippen LogP contribution in [-0.4, -0.2) is 68.5 Å². The van der Waals surface area contributed by atoms with Gasteiger partial charge in [0, 0.05) is 32.2 Å². The van der Waals surface area contributed by atoms with Crippen molar-refractivity contribution in [3.63, 3.8) is 0 Å². The van der Waals surface area contributed by atoms with E-state index in [1.54, 1.807) is 4.90 Å². The third kappa shape index (κ3) is 5.13. The Balaban J connectivity index is 1.23. The third-order valence-electron chi connectivity index (χ3n) is 6.03. The maximum atomic E-state index is 12.5. The van der Waals surface area contributed by atoms with Crippen molar-refractivity contribution in [2.75, 3.05) is 31.3 Å². The number of ether oxygens (including phenoxy) is 2. The standard InChI is InChI=1S/C21H28N2O6S/c24-20-10-16(12-23(20)17-7-9-30(26,27)14-17)21(25)22-11-15-3-5-18(6-4-15)29-13-19-2-1-8-28-19/h3-6,16-17,19H,1-2,7-14H2,(H,22,25)/t16-,17+,19-/m0/s1. The van der Waals surface area contributed by atoms with Crippen LogP contribution in [0.1, 0.15) is 31.2 Å². The van der Waals surface area contributed by atoms with Crippen LogP contribution < -0.4 is 10.1 Å². The van der Waals surface area contributed by atoms with Crippen molar-refractivity contribution in [1.29, 1.82) is 0 Å². The van der Waals surface area contributed by atoms with Gasteiger partial charge in [0.15, 0.2) is 9.84 Å². The van der Waals surface area contributed by atoms with E-state index in [-0.39, 0.29) is 41.9 Å². The van der Waals surface area contributed by atoms with E-state index in [0.717, 1.165) is 30.8 Å². The Morgan fingerprint density at radius 1 is 1.23 bits per heavy atom. The van der Waals surface area contributed by atoms with Crippen molar-refractivity contribution in [3.8, 4) is 5.75 Å². The maximum absolute atomic E-state index is 12.5. The highest BCUT2D eigenvalue weighted by Crippen LogP contribution is 2.26. The predicted octanol–water partition coefficient (Wildman–Crippen LogP) is 0.896. The molecule has 0 aromatic heterocycles. The fourth-order valence-corrected chi connectivity index (χ4v) is 6.01. The van der Waals surface area contributed by atoms with Gasteiger partial charge in [-0.2, -0.15) is 0 Å². The summed E-state index contributed by atoms with van der Waals surface area (Å²) in [6.07, 6.45) is 2.88. The molecule has 164 valence electrons. The molecule has 4 rings (SSSR count). The number of sulfone groups is 1. The minimum absolute atomic E-state index is 0.00830. The molecule has 3 heterocycles. The molecule has 2 amide bonds. The van der Waals surface area contributed by atoms with Gasteiger partial charge in [-0.25, -0.2) is 8.42 Å². The first-order chi connectivity index (χ1) is 14.4. The summed E-state index contributed by atoms with van der Waals surface area (Å²) in [5.41, 5.74) is 0.941. The number of benzene rings is 1. The van der Waals surface area contributed by atoms with E-state index in [1.807, 2.05) is 24.3 Å². The summed E-state index contributed by atoms with van der Waals surface area (Å²) < 4.78 is 34.6. The van der Waals surface area contributed by atoms with Gasteiger partial charge in [0.2, 0.25) is 11.8 Å². The first-order valence-corrected chi connectivity index (χ1v) is 12.3. The van der Waals surface area contributed by atoms with E-state index in [9.17, 15) is 18.0 Å². The average molecular weight is 437 g/mol. The third-order valence-corrected chi connectivity index (χ3v) is 7.78. The van der Waals surface area contributed by atoms with Gasteiger partial charge >= 0.3 is 0 Å². The van der Waals surface area contributed by atoms with E-state index in [0.29, 0.717) is 26.1 Å². The molecule has 0 aliphatic carbocycles. The lowest BCUT2D eigenvalue weighted by Crippen LogP contribution is -2.39. The zero-order chi connectivity index (χ0) is 21.1. The summed E-state index contributed by atoms with van der Waals surface area (Å²) in [5.74, 6) is 0.148. The smallest absolute Gasteiger partial charge is 0.225 e. The van der Waals surface area contributed by atoms with E-state index in [1.165, 1.54) is 0 Å². The molecule has 0 radical (unpaired) electrons. The molecule has 9 heteroatoms. The molecule has 3 saturated heterocycles. The molecule has 30 heavy (non-hydrogen) atoms. The SMILES string of the molecule is O=C(NCc1ccc(OC[C@@H]2CCCO2)cc1)[C@H]1CC(=O)N([C@@H]2CCS(=O)(=O)C2)C1. The maximum Gasteiger partial charge on any atom is 0.225 e. The Bertz CT molecular complexity index is 879. The van der Waals surface area contributed by atoms with Gasteiger partial charge in [-0.15, -0.1) is 0 Å². The molecule has 1 aromatic carbocycles. The zero-order valence-electron chi connectivity index (χ0n) is 16.9. The normalized spacial score (nSPS) is 28.1. The van der Waals surface area contributed by atoms with E-state index >= 15 is 0 Å². The van der Waals surface area contributed by atoms with Crippen molar-refractivity contribution in [2.45, 2.75) is 44.4 Å². The largest absolute Gasteiger partial charge is 0.491 e. The topological polar surface area (TPSA) is 102 Å². The molecule has 3 aliphatic heterocycles. The van der Waals surface area contributed by atoms with Gasteiger partial charge in [-0.05, 0) is 37.0 Å². The Morgan fingerprint density at radius 2 is 2.03 bits per heavy atom. The number of nitrogens with one attached hydrogen (secondary N) is 1. The van der Waals surface area contributed by atoms with Crippen LogP contribution in [0.2, 0.25) is 0 Å². The molecule has 3 fully saturated rings. The highest BCUT2D eigenvalue weighted by atomic mass is 32.2. The quantitative estimate of drug-likeness (QED) is 0.681. The van der Waals surface area contributed by atoms with Gasteiger partial charge in [-0.1, -0.05) is 12.1 Å². The van der Waals surface area contributed by atoms with Crippen LogP contribution >= 0.6 is 0 Å².